The third-order valence-corrected chi connectivity index (χ3v) is 4.50. The summed E-state index contributed by atoms with van der Waals surface area (Å²) in [4.78, 5) is 12.3. The van der Waals surface area contributed by atoms with Crippen molar-refractivity contribution < 1.29 is 9.53 Å². The molecule has 0 aliphatic carbocycles. The molecule has 7 heteroatoms. The topological polar surface area (TPSA) is 56.2 Å². The summed E-state index contributed by atoms with van der Waals surface area (Å²) < 4.78 is 8.38. The van der Waals surface area contributed by atoms with Crippen molar-refractivity contribution in [2.45, 2.75) is 13.2 Å². The molecule has 3 aromatic rings. The van der Waals surface area contributed by atoms with Gasteiger partial charge in [0, 0.05) is 18.3 Å². The van der Waals surface area contributed by atoms with E-state index in [1.807, 2.05) is 42.5 Å². The van der Waals surface area contributed by atoms with Crippen LogP contribution in [0.5, 0.6) is 5.75 Å². The lowest BCUT2D eigenvalue weighted by molar-refractivity contribution is 0.0951. The van der Waals surface area contributed by atoms with Gasteiger partial charge >= 0.3 is 0 Å². The summed E-state index contributed by atoms with van der Waals surface area (Å²) in [7, 11) is 0. The number of carbonyl (C=O) groups excluding carboxylic acids is 1. The maximum atomic E-state index is 12.3. The van der Waals surface area contributed by atoms with Gasteiger partial charge in [-0.3, -0.25) is 9.48 Å². The van der Waals surface area contributed by atoms with Crippen LogP contribution in [0.1, 0.15) is 15.9 Å². The van der Waals surface area contributed by atoms with Crippen LogP contribution in [0.25, 0.3) is 0 Å². The molecule has 0 atom stereocenters. The third kappa shape index (κ3) is 5.09. The Kier molecular flexibility index (Phi) is 6.30. The van der Waals surface area contributed by atoms with Crippen molar-refractivity contribution in [3.8, 4) is 5.75 Å². The third-order valence-electron chi connectivity index (χ3n) is 3.65. The summed E-state index contributed by atoms with van der Waals surface area (Å²) in [5, 5.41) is 7.53. The van der Waals surface area contributed by atoms with Crippen molar-refractivity contribution in [2.75, 3.05) is 6.54 Å². The standard InChI is InChI=1S/C19H17BrClN3O2/c20-17-6-1-2-7-18(17)26-13-14-4-3-5-15(10-14)19(25)22-8-9-24-12-16(21)11-23-24/h1-7,10-12H,8-9,13H2,(H,22,25). The van der Waals surface area contributed by atoms with E-state index in [4.69, 9.17) is 16.3 Å². The highest BCUT2D eigenvalue weighted by Crippen LogP contribution is 2.24. The summed E-state index contributed by atoms with van der Waals surface area (Å²) in [5.41, 5.74) is 1.52. The number of aromatic nitrogens is 2. The molecule has 5 nitrogen and oxygen atoms in total. The molecule has 2 aromatic carbocycles. The minimum Gasteiger partial charge on any atom is -0.488 e. The van der Waals surface area contributed by atoms with E-state index in [2.05, 4.69) is 26.3 Å². The van der Waals surface area contributed by atoms with Gasteiger partial charge in [-0.1, -0.05) is 35.9 Å². The number of amides is 1. The largest absolute Gasteiger partial charge is 0.488 e. The number of hydrogen-bond donors (Lipinski definition) is 1. The van der Waals surface area contributed by atoms with Gasteiger partial charge < -0.3 is 10.1 Å². The van der Waals surface area contributed by atoms with Crippen molar-refractivity contribution in [1.82, 2.24) is 15.1 Å². The molecule has 1 amide bonds. The fourth-order valence-corrected chi connectivity index (χ4v) is 2.93. The van der Waals surface area contributed by atoms with Crippen LogP contribution in [0.4, 0.5) is 0 Å². The van der Waals surface area contributed by atoms with Crippen molar-refractivity contribution in [2.24, 2.45) is 0 Å². The Morgan fingerprint density at radius 3 is 2.85 bits per heavy atom. The number of rotatable bonds is 7. The van der Waals surface area contributed by atoms with Crippen LogP contribution in [-0.2, 0) is 13.2 Å². The minimum absolute atomic E-state index is 0.133. The maximum absolute atomic E-state index is 12.3. The fourth-order valence-electron chi connectivity index (χ4n) is 2.37. The van der Waals surface area contributed by atoms with Gasteiger partial charge in [-0.25, -0.2) is 0 Å². The number of halogens is 2. The van der Waals surface area contributed by atoms with Gasteiger partial charge in [0.2, 0.25) is 0 Å². The quantitative estimate of drug-likeness (QED) is 0.603. The molecule has 0 fully saturated rings. The first-order chi connectivity index (χ1) is 12.6. The predicted molar refractivity (Wildman–Crippen MR) is 104 cm³/mol. The molecule has 134 valence electrons. The Morgan fingerprint density at radius 2 is 2.08 bits per heavy atom. The Balaban J connectivity index is 1.54. The first-order valence-electron chi connectivity index (χ1n) is 8.04. The molecule has 0 aliphatic heterocycles. The number of carbonyl (C=O) groups is 1. The fraction of sp³-hybridized carbons (Fsp3) is 0.158. The van der Waals surface area contributed by atoms with Crippen LogP contribution < -0.4 is 10.1 Å². The van der Waals surface area contributed by atoms with E-state index in [0.29, 0.717) is 30.3 Å². The number of hydrogen-bond acceptors (Lipinski definition) is 3. The first kappa shape index (κ1) is 18.5. The molecule has 26 heavy (non-hydrogen) atoms. The van der Waals surface area contributed by atoms with Crippen molar-refractivity contribution in [3.05, 3.63) is 81.5 Å². The van der Waals surface area contributed by atoms with Crippen LogP contribution in [-0.4, -0.2) is 22.2 Å². The first-order valence-corrected chi connectivity index (χ1v) is 9.21. The van der Waals surface area contributed by atoms with E-state index < -0.39 is 0 Å². The van der Waals surface area contributed by atoms with Crippen LogP contribution in [0.3, 0.4) is 0 Å². The minimum atomic E-state index is -0.133. The van der Waals surface area contributed by atoms with E-state index >= 15 is 0 Å². The molecule has 0 saturated heterocycles. The van der Waals surface area contributed by atoms with Gasteiger partial charge in [0.05, 0.1) is 22.2 Å². The van der Waals surface area contributed by atoms with E-state index in [1.165, 1.54) is 0 Å². The van der Waals surface area contributed by atoms with Gasteiger partial charge in [-0.05, 0) is 45.8 Å². The summed E-state index contributed by atoms with van der Waals surface area (Å²) in [6, 6.07) is 15.0. The van der Waals surface area contributed by atoms with Gasteiger partial charge in [0.25, 0.3) is 5.91 Å². The molecule has 0 unspecified atom stereocenters. The van der Waals surface area contributed by atoms with E-state index in [-0.39, 0.29) is 5.91 Å². The highest BCUT2D eigenvalue weighted by Gasteiger charge is 2.07. The zero-order valence-electron chi connectivity index (χ0n) is 13.9. The number of nitrogens with one attached hydrogen (secondary N) is 1. The Labute approximate surface area is 165 Å². The SMILES string of the molecule is O=C(NCCn1cc(Cl)cn1)c1cccc(COc2ccccc2Br)c1. The van der Waals surface area contributed by atoms with Crippen LogP contribution >= 0.6 is 27.5 Å². The Morgan fingerprint density at radius 1 is 1.23 bits per heavy atom. The highest BCUT2D eigenvalue weighted by atomic mass is 79.9. The van der Waals surface area contributed by atoms with Gasteiger partial charge in [-0.2, -0.15) is 5.10 Å². The van der Waals surface area contributed by atoms with Crippen LogP contribution in [0.2, 0.25) is 5.02 Å². The normalized spacial score (nSPS) is 10.5. The van der Waals surface area contributed by atoms with Crippen molar-refractivity contribution >= 4 is 33.4 Å². The maximum Gasteiger partial charge on any atom is 0.251 e. The molecule has 1 N–H and O–H groups in total. The lowest BCUT2D eigenvalue weighted by Gasteiger charge is -2.10. The molecule has 0 bridgehead atoms. The molecule has 0 saturated carbocycles. The zero-order chi connectivity index (χ0) is 18.4. The number of para-hydroxylation sites is 1. The number of ether oxygens (including phenoxy) is 1. The van der Waals surface area contributed by atoms with E-state index in [9.17, 15) is 4.79 Å². The number of nitrogens with zero attached hydrogens (tertiary/aromatic N) is 2. The average molecular weight is 435 g/mol. The highest BCUT2D eigenvalue weighted by molar-refractivity contribution is 9.10. The van der Waals surface area contributed by atoms with Gasteiger partial charge in [-0.15, -0.1) is 0 Å². The monoisotopic (exact) mass is 433 g/mol. The summed E-state index contributed by atoms with van der Waals surface area (Å²) >= 11 is 9.27. The van der Waals surface area contributed by atoms with Gasteiger partial charge in [0.15, 0.2) is 0 Å². The lowest BCUT2D eigenvalue weighted by atomic mass is 10.1. The smallest absolute Gasteiger partial charge is 0.251 e. The van der Waals surface area contributed by atoms with Crippen LogP contribution in [0.15, 0.2) is 65.4 Å². The van der Waals surface area contributed by atoms with Crippen molar-refractivity contribution in [3.63, 3.8) is 0 Å². The zero-order valence-corrected chi connectivity index (χ0v) is 16.2. The van der Waals surface area contributed by atoms with Crippen molar-refractivity contribution in [1.29, 1.82) is 0 Å². The molecule has 1 heterocycles. The molecule has 0 radical (unpaired) electrons. The van der Waals surface area contributed by atoms with E-state index in [1.54, 1.807) is 23.1 Å². The van der Waals surface area contributed by atoms with Gasteiger partial charge in [0.1, 0.15) is 12.4 Å². The van der Waals surface area contributed by atoms with Crippen LogP contribution in [0, 0.1) is 0 Å². The summed E-state index contributed by atoms with van der Waals surface area (Å²) in [6.45, 7) is 1.41. The molecule has 3 rings (SSSR count). The molecular weight excluding hydrogens is 418 g/mol. The van der Waals surface area contributed by atoms with E-state index in [0.717, 1.165) is 15.8 Å². The molecule has 0 aliphatic rings. The molecule has 0 spiro atoms. The summed E-state index contributed by atoms with van der Waals surface area (Å²) in [6.07, 6.45) is 3.28. The Bertz CT molecular complexity index is 898. The second-order valence-electron chi connectivity index (χ2n) is 5.60. The molecular formula is C19H17BrClN3O2. The molecule has 1 aromatic heterocycles. The second kappa shape index (κ2) is 8.87. The summed E-state index contributed by atoms with van der Waals surface area (Å²) in [5.74, 6) is 0.631. The Hall–Kier alpha value is -2.31. The lowest BCUT2D eigenvalue weighted by Crippen LogP contribution is -2.27. The predicted octanol–water partition coefficient (Wildman–Crippen LogP) is 4.31. The number of benzene rings is 2. The average Bonchev–Trinajstić information content (AvgIpc) is 3.06. The second-order valence-corrected chi connectivity index (χ2v) is 6.89.